The van der Waals surface area contributed by atoms with Gasteiger partial charge in [0.25, 0.3) is 0 Å². The number of aromatic nitrogens is 2. The first-order valence-corrected chi connectivity index (χ1v) is 19.9. The maximum absolute atomic E-state index is 17.8. The first-order valence-electron chi connectivity index (χ1n) is 16.8. The Morgan fingerprint density at radius 3 is 1.31 bits per heavy atom. The second kappa shape index (κ2) is 15.5. The van der Waals surface area contributed by atoms with Gasteiger partial charge in [-0.3, -0.25) is 0 Å². The molecule has 11 heteroatoms. The maximum atomic E-state index is 17.8. The number of methoxy groups -OCH3 is 4. The van der Waals surface area contributed by atoms with E-state index in [0.29, 0.717) is 43.4 Å². The van der Waals surface area contributed by atoms with Crippen LogP contribution in [0.15, 0.2) is 92.7 Å². The molecule has 4 aromatic rings. The van der Waals surface area contributed by atoms with E-state index in [-0.39, 0.29) is 32.0 Å². The van der Waals surface area contributed by atoms with E-state index in [9.17, 15) is 0 Å². The molecule has 2 aromatic carbocycles. The van der Waals surface area contributed by atoms with Crippen molar-refractivity contribution in [2.75, 3.05) is 28.4 Å². The molecule has 0 N–H and O–H groups in total. The fourth-order valence-electron chi connectivity index (χ4n) is 7.60. The van der Waals surface area contributed by atoms with Crippen molar-refractivity contribution in [3.63, 3.8) is 0 Å². The van der Waals surface area contributed by atoms with E-state index in [1.54, 1.807) is 33.4 Å². The topological polar surface area (TPSA) is 46.8 Å². The third-order valence-electron chi connectivity index (χ3n) is 10.00. The van der Waals surface area contributed by atoms with Gasteiger partial charge >= 0.3 is 301 Å². The fourth-order valence-corrected chi connectivity index (χ4v) is 15.9. The summed E-state index contributed by atoms with van der Waals surface area (Å²) in [5, 5.41) is 0. The number of allylic oxidation sites excluding steroid dienone is 8. The van der Waals surface area contributed by atoms with Gasteiger partial charge in [-0.2, -0.15) is 0 Å². The number of halogens is 4. The molecule has 0 fully saturated rings. The van der Waals surface area contributed by atoms with Crippen molar-refractivity contribution in [2.24, 2.45) is 0 Å². The molecule has 6 rings (SSSR count). The number of benzene rings is 2. The van der Waals surface area contributed by atoms with Gasteiger partial charge in [0.2, 0.25) is 0 Å². The van der Waals surface area contributed by atoms with E-state index in [1.165, 1.54) is 52.7 Å². The normalized spacial score (nSPS) is 14.4. The van der Waals surface area contributed by atoms with Gasteiger partial charge in [-0.15, -0.1) is 0 Å². The quantitative estimate of drug-likeness (QED) is 0.0762. The van der Waals surface area contributed by atoms with Crippen LogP contribution in [0.2, 0.25) is 0 Å². The Labute approximate surface area is 299 Å². The molecule has 0 radical (unpaired) electrons. The molecule has 0 atom stereocenters. The van der Waals surface area contributed by atoms with Crippen LogP contribution in [0.5, 0.6) is 0 Å². The average Bonchev–Trinajstić information content (AvgIpc) is 3.96. The second-order valence-corrected chi connectivity index (χ2v) is 18.6. The number of nitrogens with zero attached hydrogens (tertiary/aromatic N) is 2. The zero-order valence-electron chi connectivity index (χ0n) is 29.6. The Morgan fingerprint density at radius 2 is 0.980 bits per heavy atom. The van der Waals surface area contributed by atoms with Gasteiger partial charge in [0.05, 0.1) is 0 Å². The summed E-state index contributed by atoms with van der Waals surface area (Å²) in [5.74, 6) is -3.40. The van der Waals surface area contributed by atoms with Crippen LogP contribution >= 0.6 is 0 Å². The molecule has 0 saturated heterocycles. The van der Waals surface area contributed by atoms with Gasteiger partial charge in [-0.25, -0.2) is 0 Å². The van der Waals surface area contributed by atoms with Crippen LogP contribution in [-0.2, 0) is 48.4 Å². The van der Waals surface area contributed by atoms with Gasteiger partial charge in [0, 0.05) is 0 Å². The summed E-state index contributed by atoms with van der Waals surface area (Å²) in [5.41, 5.74) is 2.87. The molecule has 51 heavy (non-hydrogen) atoms. The van der Waals surface area contributed by atoms with Gasteiger partial charge in [-0.1, -0.05) is 0 Å². The van der Waals surface area contributed by atoms with Gasteiger partial charge < -0.3 is 0 Å². The van der Waals surface area contributed by atoms with Gasteiger partial charge in [0.1, 0.15) is 0 Å². The number of rotatable bonds is 14. The van der Waals surface area contributed by atoms with Crippen molar-refractivity contribution < 1.29 is 53.1 Å². The standard InChI is InChI=1S/2C15H16F2NO2.2C5H5.Ti/c2*1-10-4-6-12(9-15(19-2)20-3)18(10)14-7-5-11(16)8-13(14)17;2*1-2-4-5-3-1;/h2*4-7,15H,9H2,1-3H3;2*1-3H,4H2;. The Hall–Kier alpha value is -3.77. The van der Waals surface area contributed by atoms with Crippen molar-refractivity contribution >= 4 is 7.74 Å². The molecule has 0 aliphatic heterocycles. The van der Waals surface area contributed by atoms with Crippen molar-refractivity contribution in [3.8, 4) is 11.4 Å². The van der Waals surface area contributed by atoms with E-state index in [1.807, 2.05) is 50.3 Å². The molecular formula is C40H42F4N2O4Ti. The van der Waals surface area contributed by atoms with Crippen LogP contribution in [0, 0.1) is 37.1 Å². The Bertz CT molecular complexity index is 1910. The molecule has 268 valence electrons. The van der Waals surface area contributed by atoms with E-state index < -0.39 is 52.4 Å². The Morgan fingerprint density at radius 1 is 0.588 bits per heavy atom. The first kappa shape index (κ1) is 37.0. The molecule has 2 aliphatic rings. The van der Waals surface area contributed by atoms with Crippen molar-refractivity contribution in [1.29, 1.82) is 0 Å². The molecule has 2 aromatic heterocycles. The summed E-state index contributed by atoms with van der Waals surface area (Å²) in [7, 11) is 6.07. The first-order chi connectivity index (χ1) is 24.6. The summed E-state index contributed by atoms with van der Waals surface area (Å²) in [6, 6.07) is 12.5. The van der Waals surface area contributed by atoms with Crippen LogP contribution in [0.4, 0.5) is 17.6 Å². The van der Waals surface area contributed by atoms with E-state index in [0.717, 1.165) is 0 Å². The summed E-state index contributed by atoms with van der Waals surface area (Å²) in [6.07, 6.45) is 10.8. The number of aryl methyl sites for hydroxylation is 2. The second-order valence-electron chi connectivity index (χ2n) is 12.7. The SMILES string of the molecule is COC(Cc1ccc(C)n1-c1ccc(F)[c]([Ti]([C]2=CC=CC2)([C]2=CC=CC2)[c]2c(F)ccc(-n3c(C)ccc3CC(OC)OC)c2F)c1F)OC. The summed E-state index contributed by atoms with van der Waals surface area (Å²) in [6.45, 7) is 3.64. The van der Waals surface area contributed by atoms with Gasteiger partial charge in [-0.05, 0) is 0 Å². The zero-order valence-corrected chi connectivity index (χ0v) is 31.2. The van der Waals surface area contributed by atoms with Crippen LogP contribution in [-0.4, -0.2) is 50.2 Å². The minimum absolute atomic E-state index is 0.0775. The third-order valence-corrected chi connectivity index (χ3v) is 17.9. The van der Waals surface area contributed by atoms with Crippen molar-refractivity contribution in [2.45, 2.75) is 52.1 Å². The van der Waals surface area contributed by atoms with Crippen LogP contribution in [0.25, 0.3) is 11.4 Å². The van der Waals surface area contributed by atoms with Crippen LogP contribution < -0.4 is 7.74 Å². The molecular weight excluding hydrogens is 696 g/mol. The summed E-state index contributed by atoms with van der Waals surface area (Å²) < 4.78 is 95.1. The summed E-state index contributed by atoms with van der Waals surface area (Å²) >= 11 is -5.15. The number of hydrogen-bond donors (Lipinski definition) is 0. The molecule has 2 heterocycles. The van der Waals surface area contributed by atoms with E-state index in [4.69, 9.17) is 18.9 Å². The Kier molecular flexibility index (Phi) is 11.2. The fraction of sp³-hybridized carbons (Fsp3) is 0.300. The number of ether oxygens (including phenoxy) is 4. The predicted octanol–water partition coefficient (Wildman–Crippen LogP) is 7.56. The predicted molar refractivity (Wildman–Crippen MR) is 187 cm³/mol. The summed E-state index contributed by atoms with van der Waals surface area (Å²) in [4.78, 5) is 0. The van der Waals surface area contributed by atoms with Crippen LogP contribution in [0.3, 0.4) is 0 Å². The molecule has 0 spiro atoms. The number of hydrogen-bond acceptors (Lipinski definition) is 4. The van der Waals surface area contributed by atoms with E-state index in [2.05, 4.69) is 0 Å². The molecule has 2 aliphatic carbocycles. The van der Waals surface area contributed by atoms with E-state index >= 15 is 17.6 Å². The Balaban J connectivity index is 1.68. The zero-order chi connectivity index (χ0) is 36.4. The monoisotopic (exact) mass is 738 g/mol. The third kappa shape index (κ3) is 6.47. The molecule has 0 amide bonds. The van der Waals surface area contributed by atoms with Crippen LogP contribution in [0.1, 0.15) is 35.6 Å². The average molecular weight is 739 g/mol. The molecule has 0 saturated carbocycles. The van der Waals surface area contributed by atoms with Crippen molar-refractivity contribution in [1.82, 2.24) is 9.13 Å². The van der Waals surface area contributed by atoms with Gasteiger partial charge in [0.15, 0.2) is 0 Å². The van der Waals surface area contributed by atoms with Crippen molar-refractivity contribution in [3.05, 3.63) is 139 Å². The molecule has 6 nitrogen and oxygen atoms in total. The minimum atomic E-state index is -5.15. The molecule has 0 bridgehead atoms. The molecule has 0 unspecified atom stereocenters.